The van der Waals surface area contributed by atoms with Crippen molar-refractivity contribution in [2.24, 2.45) is 0 Å². The molecule has 2 aromatic carbocycles. The zero-order valence-electron chi connectivity index (χ0n) is 14.1. The van der Waals surface area contributed by atoms with Crippen molar-refractivity contribution >= 4 is 17.3 Å². The van der Waals surface area contributed by atoms with E-state index in [1.807, 2.05) is 41.8 Å². The van der Waals surface area contributed by atoms with Crippen LogP contribution in [0.3, 0.4) is 0 Å². The first kappa shape index (κ1) is 17.7. The van der Waals surface area contributed by atoms with E-state index in [0.717, 1.165) is 16.3 Å². The summed E-state index contributed by atoms with van der Waals surface area (Å²) >= 11 is 1.52. The van der Waals surface area contributed by atoms with Gasteiger partial charge in [-0.25, -0.2) is 9.78 Å². The number of carbonyl (C=O) groups is 1. The summed E-state index contributed by atoms with van der Waals surface area (Å²) in [6.07, 6.45) is 1.22. The molecule has 1 aromatic heterocycles. The summed E-state index contributed by atoms with van der Waals surface area (Å²) in [4.78, 5) is 16.8. The molecule has 0 aliphatic carbocycles. The van der Waals surface area contributed by atoms with E-state index in [2.05, 4.69) is 4.98 Å². The van der Waals surface area contributed by atoms with Crippen LogP contribution in [0.1, 0.15) is 5.69 Å². The quantitative estimate of drug-likeness (QED) is 0.268. The Hall–Kier alpha value is -3.12. The summed E-state index contributed by atoms with van der Waals surface area (Å²) in [6, 6.07) is 18.7. The molecule has 1 heterocycles. The molecule has 0 aliphatic rings. The fourth-order valence-electron chi connectivity index (χ4n) is 2.13. The van der Waals surface area contributed by atoms with Gasteiger partial charge in [0, 0.05) is 10.9 Å². The van der Waals surface area contributed by atoms with Crippen LogP contribution < -0.4 is 4.74 Å². The summed E-state index contributed by atoms with van der Waals surface area (Å²) in [5.74, 6) is -0.217. The van der Waals surface area contributed by atoms with E-state index in [0.29, 0.717) is 5.75 Å². The third-order valence-corrected chi connectivity index (χ3v) is 4.27. The number of methoxy groups -OCH3 is 1. The predicted octanol–water partition coefficient (Wildman–Crippen LogP) is 4.42. The summed E-state index contributed by atoms with van der Waals surface area (Å²) in [6.45, 7) is 0.141. The largest absolute Gasteiger partial charge is 0.500 e. The lowest BCUT2D eigenvalue weighted by Gasteiger charge is -2.09. The third kappa shape index (κ3) is 4.70. The van der Waals surface area contributed by atoms with Gasteiger partial charge in [-0.3, -0.25) is 0 Å². The molecule has 0 radical (unpaired) electrons. The molecule has 0 saturated carbocycles. The van der Waals surface area contributed by atoms with Crippen molar-refractivity contribution in [3.05, 3.63) is 83.8 Å². The van der Waals surface area contributed by atoms with Crippen LogP contribution in [0, 0.1) is 0 Å². The van der Waals surface area contributed by atoms with Crippen LogP contribution in [0.2, 0.25) is 0 Å². The fourth-order valence-corrected chi connectivity index (χ4v) is 2.94. The van der Waals surface area contributed by atoms with Crippen molar-refractivity contribution in [2.45, 2.75) is 6.61 Å². The van der Waals surface area contributed by atoms with Gasteiger partial charge in [-0.15, -0.1) is 11.3 Å². The molecule has 132 valence electrons. The summed E-state index contributed by atoms with van der Waals surface area (Å²) < 4.78 is 15.7. The SMILES string of the molecule is COC=C(OCc1csc(-c2ccccc2)n1)C(=O)Oc1ccccc1. The molecule has 0 bridgehead atoms. The molecule has 0 fully saturated rings. The van der Waals surface area contributed by atoms with Crippen molar-refractivity contribution < 1.29 is 19.0 Å². The zero-order chi connectivity index (χ0) is 18.2. The van der Waals surface area contributed by atoms with E-state index >= 15 is 0 Å². The molecular formula is C20H17NO4S. The van der Waals surface area contributed by atoms with E-state index in [1.165, 1.54) is 24.7 Å². The lowest BCUT2D eigenvalue weighted by Crippen LogP contribution is -2.14. The molecule has 0 N–H and O–H groups in total. The molecule has 26 heavy (non-hydrogen) atoms. The number of hydrogen-bond acceptors (Lipinski definition) is 6. The van der Waals surface area contributed by atoms with Crippen LogP contribution in [0.15, 0.2) is 78.1 Å². The zero-order valence-corrected chi connectivity index (χ0v) is 14.9. The Labute approximate surface area is 155 Å². The highest BCUT2D eigenvalue weighted by Crippen LogP contribution is 2.24. The molecule has 3 aromatic rings. The Morgan fingerprint density at radius 1 is 1.08 bits per heavy atom. The van der Waals surface area contributed by atoms with Gasteiger partial charge in [0.25, 0.3) is 0 Å². The average molecular weight is 367 g/mol. The first-order valence-electron chi connectivity index (χ1n) is 7.89. The van der Waals surface area contributed by atoms with E-state index in [-0.39, 0.29) is 12.4 Å². The molecule has 0 atom stereocenters. The number of nitrogens with zero attached hydrogens (tertiary/aromatic N) is 1. The summed E-state index contributed by atoms with van der Waals surface area (Å²) in [7, 11) is 1.44. The number of rotatable bonds is 7. The number of hydrogen-bond donors (Lipinski definition) is 0. The number of carbonyl (C=O) groups excluding carboxylic acids is 1. The maximum atomic E-state index is 12.2. The van der Waals surface area contributed by atoms with Gasteiger partial charge in [-0.05, 0) is 12.1 Å². The Bertz CT molecular complexity index is 875. The monoisotopic (exact) mass is 367 g/mol. The van der Waals surface area contributed by atoms with Crippen LogP contribution in [0.4, 0.5) is 0 Å². The predicted molar refractivity (Wildman–Crippen MR) is 99.5 cm³/mol. The maximum Gasteiger partial charge on any atom is 0.382 e. The molecule has 0 aliphatic heterocycles. The maximum absolute atomic E-state index is 12.2. The van der Waals surface area contributed by atoms with Gasteiger partial charge in [0.15, 0.2) is 0 Å². The van der Waals surface area contributed by atoms with Crippen LogP contribution in [0.25, 0.3) is 10.6 Å². The normalized spacial score (nSPS) is 11.0. The van der Waals surface area contributed by atoms with E-state index in [4.69, 9.17) is 14.2 Å². The molecule has 0 spiro atoms. The van der Waals surface area contributed by atoms with Gasteiger partial charge in [0.05, 0.1) is 12.8 Å². The number of ether oxygens (including phenoxy) is 3. The van der Waals surface area contributed by atoms with Gasteiger partial charge in [0.2, 0.25) is 5.76 Å². The second kappa shape index (κ2) is 8.82. The third-order valence-electron chi connectivity index (χ3n) is 3.33. The fraction of sp³-hybridized carbons (Fsp3) is 0.100. The average Bonchev–Trinajstić information content (AvgIpc) is 3.15. The molecule has 3 rings (SSSR count). The molecule has 0 amide bonds. The first-order chi connectivity index (χ1) is 12.8. The second-order valence-corrected chi connectivity index (χ2v) is 6.08. The number of aromatic nitrogens is 1. The Morgan fingerprint density at radius 2 is 1.77 bits per heavy atom. The number of esters is 1. The van der Waals surface area contributed by atoms with Crippen LogP contribution in [0.5, 0.6) is 5.75 Å². The molecule has 0 unspecified atom stereocenters. The highest BCUT2D eigenvalue weighted by atomic mass is 32.1. The van der Waals surface area contributed by atoms with Crippen molar-refractivity contribution in [1.29, 1.82) is 0 Å². The highest BCUT2D eigenvalue weighted by Gasteiger charge is 2.16. The minimum atomic E-state index is -0.628. The van der Waals surface area contributed by atoms with Crippen molar-refractivity contribution in [3.63, 3.8) is 0 Å². The molecule has 5 nitrogen and oxygen atoms in total. The molecule has 0 saturated heterocycles. The van der Waals surface area contributed by atoms with Crippen molar-refractivity contribution in [2.75, 3.05) is 7.11 Å². The summed E-state index contributed by atoms with van der Waals surface area (Å²) in [5, 5.41) is 2.79. The number of para-hydroxylation sites is 1. The lowest BCUT2D eigenvalue weighted by molar-refractivity contribution is -0.134. The van der Waals surface area contributed by atoms with Gasteiger partial charge in [-0.1, -0.05) is 48.5 Å². The van der Waals surface area contributed by atoms with Crippen molar-refractivity contribution in [3.8, 4) is 16.3 Å². The number of benzene rings is 2. The van der Waals surface area contributed by atoms with Gasteiger partial charge >= 0.3 is 5.97 Å². The smallest absolute Gasteiger partial charge is 0.382 e. The van der Waals surface area contributed by atoms with Gasteiger partial charge < -0.3 is 14.2 Å². The number of thiazole rings is 1. The second-order valence-electron chi connectivity index (χ2n) is 5.22. The van der Waals surface area contributed by atoms with Crippen molar-refractivity contribution in [1.82, 2.24) is 4.98 Å². The van der Waals surface area contributed by atoms with Crippen LogP contribution in [-0.2, 0) is 20.9 Å². The lowest BCUT2D eigenvalue weighted by atomic mass is 10.2. The highest BCUT2D eigenvalue weighted by molar-refractivity contribution is 7.13. The minimum absolute atomic E-state index is 0.0226. The minimum Gasteiger partial charge on any atom is -0.500 e. The van der Waals surface area contributed by atoms with Crippen LogP contribution in [-0.4, -0.2) is 18.1 Å². The van der Waals surface area contributed by atoms with E-state index < -0.39 is 5.97 Å². The topological polar surface area (TPSA) is 57.7 Å². The van der Waals surface area contributed by atoms with Gasteiger partial charge in [-0.2, -0.15) is 0 Å². The van der Waals surface area contributed by atoms with E-state index in [9.17, 15) is 4.79 Å². The van der Waals surface area contributed by atoms with E-state index in [1.54, 1.807) is 24.3 Å². The molecule has 6 heteroatoms. The molecular weight excluding hydrogens is 350 g/mol. The Morgan fingerprint density at radius 3 is 2.46 bits per heavy atom. The van der Waals surface area contributed by atoms with Crippen LogP contribution >= 0.6 is 11.3 Å². The Kier molecular flexibility index (Phi) is 6.01. The first-order valence-corrected chi connectivity index (χ1v) is 8.77. The summed E-state index contributed by atoms with van der Waals surface area (Å²) in [5.41, 5.74) is 1.77. The van der Waals surface area contributed by atoms with Gasteiger partial charge in [0.1, 0.15) is 23.6 Å². The Balaban J connectivity index is 1.63. The standard InChI is InChI=1S/C20H17NO4S/c1-23-13-18(20(22)25-17-10-6-3-7-11-17)24-12-16-14-26-19(21-16)15-8-4-2-5-9-15/h2-11,13-14H,12H2,1H3.